The molecular formula is C13H24O2. The standard InChI is InChI=1S/C13H24O2/c1-3-5-6-7-8-9-10-11-12-15-13(14)4-2/h9-10H,3-8,11-12H2,1-2H3/b10-9+. The summed E-state index contributed by atoms with van der Waals surface area (Å²) in [6, 6.07) is 0. The Morgan fingerprint density at radius 1 is 1.07 bits per heavy atom. The first kappa shape index (κ1) is 14.2. The van der Waals surface area contributed by atoms with Crippen molar-refractivity contribution in [2.45, 2.75) is 58.8 Å². The van der Waals surface area contributed by atoms with Gasteiger partial charge in [-0.1, -0.05) is 45.3 Å². The van der Waals surface area contributed by atoms with Crippen LogP contribution in [0.15, 0.2) is 12.2 Å². The van der Waals surface area contributed by atoms with E-state index in [0.717, 1.165) is 12.8 Å². The van der Waals surface area contributed by atoms with Crippen molar-refractivity contribution in [2.75, 3.05) is 6.61 Å². The summed E-state index contributed by atoms with van der Waals surface area (Å²) in [6.45, 7) is 4.56. The highest BCUT2D eigenvalue weighted by Crippen LogP contribution is 2.03. The summed E-state index contributed by atoms with van der Waals surface area (Å²) in [6.07, 6.45) is 12.0. The van der Waals surface area contributed by atoms with Crippen molar-refractivity contribution in [3.63, 3.8) is 0 Å². The molecule has 0 unspecified atom stereocenters. The van der Waals surface area contributed by atoms with E-state index in [1.807, 2.05) is 6.92 Å². The van der Waals surface area contributed by atoms with Gasteiger partial charge in [0.25, 0.3) is 0 Å². The molecule has 15 heavy (non-hydrogen) atoms. The Hall–Kier alpha value is -0.790. The number of rotatable bonds is 9. The van der Waals surface area contributed by atoms with Crippen LogP contribution in [0.4, 0.5) is 0 Å². The fourth-order valence-electron chi connectivity index (χ4n) is 1.27. The zero-order valence-corrected chi connectivity index (χ0v) is 10.1. The molecule has 0 fully saturated rings. The molecule has 0 heterocycles. The third kappa shape index (κ3) is 11.1. The van der Waals surface area contributed by atoms with Gasteiger partial charge in [0.1, 0.15) is 0 Å². The van der Waals surface area contributed by atoms with E-state index in [9.17, 15) is 4.79 Å². The van der Waals surface area contributed by atoms with Crippen LogP contribution < -0.4 is 0 Å². The highest BCUT2D eigenvalue weighted by Gasteiger charge is 1.94. The molecule has 0 rings (SSSR count). The summed E-state index contributed by atoms with van der Waals surface area (Å²) in [5, 5.41) is 0. The Labute approximate surface area is 93.7 Å². The summed E-state index contributed by atoms with van der Waals surface area (Å²) >= 11 is 0. The van der Waals surface area contributed by atoms with Crippen LogP contribution in [0.2, 0.25) is 0 Å². The van der Waals surface area contributed by atoms with Gasteiger partial charge in [0.05, 0.1) is 6.61 Å². The molecule has 0 amide bonds. The van der Waals surface area contributed by atoms with Gasteiger partial charge in [-0.3, -0.25) is 4.79 Å². The number of carbonyl (C=O) groups excluding carboxylic acids is 1. The quantitative estimate of drug-likeness (QED) is 0.329. The first-order valence-electron chi connectivity index (χ1n) is 6.11. The molecule has 0 aromatic rings. The van der Waals surface area contributed by atoms with Crippen molar-refractivity contribution >= 4 is 5.97 Å². The number of esters is 1. The molecule has 0 aliphatic heterocycles. The zero-order valence-electron chi connectivity index (χ0n) is 10.1. The van der Waals surface area contributed by atoms with E-state index in [-0.39, 0.29) is 5.97 Å². The van der Waals surface area contributed by atoms with E-state index in [4.69, 9.17) is 4.74 Å². The van der Waals surface area contributed by atoms with Gasteiger partial charge in [0.15, 0.2) is 0 Å². The number of ether oxygens (including phenoxy) is 1. The van der Waals surface area contributed by atoms with Crippen LogP contribution in [0.3, 0.4) is 0 Å². The third-order valence-corrected chi connectivity index (χ3v) is 2.23. The van der Waals surface area contributed by atoms with E-state index in [1.165, 1.54) is 25.7 Å². The van der Waals surface area contributed by atoms with Gasteiger partial charge in [-0.05, 0) is 19.3 Å². The van der Waals surface area contributed by atoms with Crippen LogP contribution in [0.5, 0.6) is 0 Å². The van der Waals surface area contributed by atoms with Gasteiger partial charge in [0, 0.05) is 6.42 Å². The lowest BCUT2D eigenvalue weighted by atomic mass is 10.1. The zero-order chi connectivity index (χ0) is 11.4. The van der Waals surface area contributed by atoms with Gasteiger partial charge in [0.2, 0.25) is 0 Å². The second-order valence-corrected chi connectivity index (χ2v) is 3.68. The molecule has 0 aliphatic rings. The molecule has 0 saturated heterocycles. The molecule has 0 atom stereocenters. The predicted molar refractivity (Wildman–Crippen MR) is 63.8 cm³/mol. The topological polar surface area (TPSA) is 26.3 Å². The van der Waals surface area contributed by atoms with E-state index in [0.29, 0.717) is 13.0 Å². The molecular weight excluding hydrogens is 188 g/mol. The Balaban J connectivity index is 3.14. The maximum absolute atomic E-state index is 10.8. The van der Waals surface area contributed by atoms with Crippen molar-refractivity contribution in [1.29, 1.82) is 0 Å². The van der Waals surface area contributed by atoms with Gasteiger partial charge in [-0.15, -0.1) is 0 Å². The largest absolute Gasteiger partial charge is 0.465 e. The highest BCUT2D eigenvalue weighted by molar-refractivity contribution is 5.68. The van der Waals surface area contributed by atoms with Crippen molar-refractivity contribution in [1.82, 2.24) is 0 Å². The lowest BCUT2D eigenvalue weighted by Crippen LogP contribution is -2.02. The fraction of sp³-hybridized carbons (Fsp3) is 0.769. The highest BCUT2D eigenvalue weighted by atomic mass is 16.5. The van der Waals surface area contributed by atoms with Crippen LogP contribution >= 0.6 is 0 Å². The number of allylic oxidation sites excluding steroid dienone is 1. The van der Waals surface area contributed by atoms with Gasteiger partial charge < -0.3 is 4.74 Å². The summed E-state index contributed by atoms with van der Waals surface area (Å²) in [7, 11) is 0. The molecule has 0 bridgehead atoms. The normalized spacial score (nSPS) is 10.8. The molecule has 2 nitrogen and oxygen atoms in total. The minimum absolute atomic E-state index is 0.105. The van der Waals surface area contributed by atoms with Crippen LogP contribution in [0.25, 0.3) is 0 Å². The number of hydrogen-bond donors (Lipinski definition) is 0. The van der Waals surface area contributed by atoms with Crippen molar-refractivity contribution in [3.05, 3.63) is 12.2 Å². The Morgan fingerprint density at radius 3 is 2.47 bits per heavy atom. The van der Waals surface area contributed by atoms with Crippen LogP contribution in [0.1, 0.15) is 58.8 Å². The van der Waals surface area contributed by atoms with E-state index >= 15 is 0 Å². The summed E-state index contributed by atoms with van der Waals surface area (Å²) < 4.78 is 4.95. The molecule has 0 radical (unpaired) electrons. The second kappa shape index (κ2) is 11.3. The number of carbonyl (C=O) groups is 1. The lowest BCUT2D eigenvalue weighted by Gasteiger charge is -1.99. The molecule has 0 aliphatic carbocycles. The number of hydrogen-bond acceptors (Lipinski definition) is 2. The first-order valence-corrected chi connectivity index (χ1v) is 6.11. The monoisotopic (exact) mass is 212 g/mol. The Kier molecular flexibility index (Phi) is 10.7. The van der Waals surface area contributed by atoms with Gasteiger partial charge in [-0.2, -0.15) is 0 Å². The van der Waals surface area contributed by atoms with Gasteiger partial charge >= 0.3 is 5.97 Å². The van der Waals surface area contributed by atoms with Gasteiger partial charge in [-0.25, -0.2) is 0 Å². The van der Waals surface area contributed by atoms with Crippen molar-refractivity contribution in [2.24, 2.45) is 0 Å². The van der Waals surface area contributed by atoms with E-state index < -0.39 is 0 Å². The molecule has 2 heteroatoms. The number of unbranched alkanes of at least 4 members (excludes halogenated alkanes) is 4. The molecule has 0 spiro atoms. The molecule has 88 valence electrons. The summed E-state index contributed by atoms with van der Waals surface area (Å²) in [5.74, 6) is -0.105. The summed E-state index contributed by atoms with van der Waals surface area (Å²) in [4.78, 5) is 10.8. The molecule has 0 N–H and O–H groups in total. The molecule has 0 aromatic carbocycles. The maximum atomic E-state index is 10.8. The SMILES string of the molecule is CCCCCC/C=C/CCOC(=O)CC. The first-order chi connectivity index (χ1) is 7.31. The van der Waals surface area contributed by atoms with Crippen molar-refractivity contribution in [3.8, 4) is 0 Å². The van der Waals surface area contributed by atoms with Crippen molar-refractivity contribution < 1.29 is 9.53 Å². The Bertz CT molecular complexity index is 173. The minimum Gasteiger partial charge on any atom is -0.465 e. The fourth-order valence-corrected chi connectivity index (χ4v) is 1.27. The minimum atomic E-state index is -0.105. The van der Waals surface area contributed by atoms with Crippen LogP contribution in [-0.4, -0.2) is 12.6 Å². The van der Waals surface area contributed by atoms with Crippen LogP contribution in [-0.2, 0) is 9.53 Å². The summed E-state index contributed by atoms with van der Waals surface area (Å²) in [5.41, 5.74) is 0. The molecule has 0 saturated carbocycles. The lowest BCUT2D eigenvalue weighted by molar-refractivity contribution is -0.143. The average molecular weight is 212 g/mol. The average Bonchev–Trinajstić information content (AvgIpc) is 2.26. The predicted octanol–water partition coefficient (Wildman–Crippen LogP) is 3.86. The second-order valence-electron chi connectivity index (χ2n) is 3.68. The maximum Gasteiger partial charge on any atom is 0.305 e. The van der Waals surface area contributed by atoms with E-state index in [1.54, 1.807) is 0 Å². The molecule has 0 aromatic heterocycles. The van der Waals surface area contributed by atoms with Crippen LogP contribution in [0, 0.1) is 0 Å². The third-order valence-electron chi connectivity index (χ3n) is 2.23. The van der Waals surface area contributed by atoms with E-state index in [2.05, 4.69) is 19.1 Å². The Morgan fingerprint density at radius 2 is 1.80 bits per heavy atom. The smallest absolute Gasteiger partial charge is 0.305 e.